The molecule has 0 aliphatic heterocycles. The molecule has 1 N–H and O–H groups in total. The monoisotopic (exact) mass is 326 g/mol. The van der Waals surface area contributed by atoms with Gasteiger partial charge in [-0.3, -0.25) is 15.1 Å². The van der Waals surface area contributed by atoms with Gasteiger partial charge in [0.1, 0.15) is 5.82 Å². The third-order valence-corrected chi connectivity index (χ3v) is 3.80. The van der Waals surface area contributed by atoms with Gasteiger partial charge in [-0.15, -0.1) is 0 Å². The lowest BCUT2D eigenvalue weighted by Gasteiger charge is -2.11. The van der Waals surface area contributed by atoms with E-state index in [2.05, 4.69) is 28.3 Å². The molecule has 1 aliphatic carbocycles. The average Bonchev–Trinajstić information content (AvgIpc) is 2.71. The summed E-state index contributed by atoms with van der Waals surface area (Å²) in [6.07, 6.45) is 12.4. The van der Waals surface area contributed by atoms with E-state index in [-0.39, 0.29) is 5.69 Å². The molecule has 0 fully saturated rings. The summed E-state index contributed by atoms with van der Waals surface area (Å²) in [5.74, 6) is 0.762. The number of rotatable bonds is 6. The Hall–Kier alpha value is -2.76. The first kappa shape index (κ1) is 17.6. The second-order valence-corrected chi connectivity index (χ2v) is 5.66. The van der Waals surface area contributed by atoms with Crippen LogP contribution in [-0.4, -0.2) is 22.7 Å². The van der Waals surface area contributed by atoms with Crippen molar-refractivity contribution >= 4 is 17.7 Å². The first-order chi connectivity index (χ1) is 11.5. The molecule has 0 spiro atoms. The summed E-state index contributed by atoms with van der Waals surface area (Å²) >= 11 is 0. The summed E-state index contributed by atoms with van der Waals surface area (Å²) in [5, 5.41) is 14.2. The molecular weight excluding hydrogens is 304 g/mol. The van der Waals surface area contributed by atoms with E-state index in [0.29, 0.717) is 17.3 Å². The summed E-state index contributed by atoms with van der Waals surface area (Å²) in [6.45, 7) is 6.55. The molecule has 1 aromatic rings. The van der Waals surface area contributed by atoms with Gasteiger partial charge in [0.05, 0.1) is 11.0 Å². The number of aromatic nitrogens is 1. The second-order valence-electron chi connectivity index (χ2n) is 5.66. The van der Waals surface area contributed by atoms with Crippen molar-refractivity contribution in [2.24, 2.45) is 10.9 Å². The lowest BCUT2D eigenvalue weighted by Crippen LogP contribution is -2.03. The molecule has 0 saturated carbocycles. The second kappa shape index (κ2) is 8.19. The first-order valence-corrected chi connectivity index (χ1v) is 7.94. The predicted molar refractivity (Wildman–Crippen MR) is 97.4 cm³/mol. The molecule has 24 heavy (non-hydrogen) atoms. The van der Waals surface area contributed by atoms with Crippen molar-refractivity contribution in [1.82, 2.24) is 4.98 Å². The number of nitrogens with one attached hydrogen (secondary N) is 1. The normalized spacial score (nSPS) is 17.4. The number of nitrogens with zero attached hydrogens (tertiary/aromatic N) is 3. The molecule has 1 atom stereocenters. The molecule has 0 amide bonds. The van der Waals surface area contributed by atoms with E-state index in [0.717, 1.165) is 18.7 Å². The van der Waals surface area contributed by atoms with Crippen molar-refractivity contribution in [2.45, 2.75) is 27.2 Å². The van der Waals surface area contributed by atoms with Gasteiger partial charge in [0, 0.05) is 29.9 Å². The van der Waals surface area contributed by atoms with Crippen LogP contribution in [0.25, 0.3) is 0 Å². The van der Waals surface area contributed by atoms with Crippen molar-refractivity contribution in [3.8, 4) is 0 Å². The van der Waals surface area contributed by atoms with Gasteiger partial charge in [-0.1, -0.05) is 17.7 Å². The number of hydrogen-bond donors (Lipinski definition) is 1. The molecule has 0 aromatic carbocycles. The molecule has 0 saturated heterocycles. The fourth-order valence-corrected chi connectivity index (χ4v) is 2.43. The molecule has 6 nitrogen and oxygen atoms in total. The highest BCUT2D eigenvalue weighted by atomic mass is 16.6. The van der Waals surface area contributed by atoms with Crippen LogP contribution < -0.4 is 5.32 Å². The highest BCUT2D eigenvalue weighted by Gasteiger charge is 2.13. The predicted octanol–water partition coefficient (Wildman–Crippen LogP) is 4.21. The Bertz CT molecular complexity index is 733. The molecule has 1 aliphatic rings. The quantitative estimate of drug-likeness (QED) is 0.482. The number of allylic oxidation sites excluding steroid dienone is 5. The van der Waals surface area contributed by atoms with Crippen LogP contribution in [-0.2, 0) is 0 Å². The van der Waals surface area contributed by atoms with E-state index in [1.807, 2.05) is 31.4 Å². The molecule has 1 aromatic heterocycles. The highest BCUT2D eigenvalue weighted by Crippen LogP contribution is 2.24. The zero-order valence-corrected chi connectivity index (χ0v) is 14.2. The summed E-state index contributed by atoms with van der Waals surface area (Å²) in [5.41, 5.74) is 2.66. The Morgan fingerprint density at radius 1 is 1.46 bits per heavy atom. The van der Waals surface area contributed by atoms with Gasteiger partial charge in [-0.2, -0.15) is 0 Å². The number of hydrogen-bond acceptors (Lipinski definition) is 5. The van der Waals surface area contributed by atoms with Crippen LogP contribution >= 0.6 is 0 Å². The molecule has 6 heteroatoms. The SMILES string of the molecule is CCN=CCC1C=CC=C(Nc2cc([N+](=O)[O-])c(C)cn2)C=C1C. The van der Waals surface area contributed by atoms with Crippen LogP contribution in [0.1, 0.15) is 25.8 Å². The maximum atomic E-state index is 11.0. The molecule has 0 radical (unpaired) electrons. The topological polar surface area (TPSA) is 80.4 Å². The number of aryl methyl sites for hydroxylation is 1. The summed E-state index contributed by atoms with van der Waals surface area (Å²) in [4.78, 5) is 19.1. The van der Waals surface area contributed by atoms with E-state index < -0.39 is 4.92 Å². The lowest BCUT2D eigenvalue weighted by molar-refractivity contribution is -0.385. The Balaban J connectivity index is 2.15. The number of aliphatic imine (C=N–C) groups is 1. The fraction of sp³-hybridized carbons (Fsp3) is 0.333. The molecule has 1 heterocycles. The van der Waals surface area contributed by atoms with E-state index in [9.17, 15) is 10.1 Å². The number of pyridine rings is 1. The first-order valence-electron chi connectivity index (χ1n) is 7.94. The highest BCUT2D eigenvalue weighted by molar-refractivity contribution is 5.60. The van der Waals surface area contributed by atoms with Crippen molar-refractivity contribution in [3.05, 3.63) is 63.5 Å². The Morgan fingerprint density at radius 2 is 2.25 bits per heavy atom. The molecule has 126 valence electrons. The van der Waals surface area contributed by atoms with Crippen molar-refractivity contribution in [2.75, 3.05) is 11.9 Å². The van der Waals surface area contributed by atoms with Crippen LogP contribution in [0.2, 0.25) is 0 Å². The van der Waals surface area contributed by atoms with Gasteiger partial charge in [0.25, 0.3) is 5.69 Å². The Labute approximate surface area is 141 Å². The van der Waals surface area contributed by atoms with Gasteiger partial charge >= 0.3 is 0 Å². The minimum absolute atomic E-state index is 0.0617. The minimum Gasteiger partial charge on any atom is -0.340 e. The Morgan fingerprint density at radius 3 is 2.96 bits per heavy atom. The van der Waals surface area contributed by atoms with Crippen LogP contribution in [0.15, 0.2) is 52.8 Å². The summed E-state index contributed by atoms with van der Waals surface area (Å²) in [6, 6.07) is 1.46. The molecular formula is C18H22N4O2. The average molecular weight is 326 g/mol. The van der Waals surface area contributed by atoms with Gasteiger partial charge in [0.2, 0.25) is 0 Å². The zero-order valence-electron chi connectivity index (χ0n) is 14.2. The van der Waals surface area contributed by atoms with Crippen molar-refractivity contribution < 1.29 is 4.92 Å². The van der Waals surface area contributed by atoms with Crippen LogP contribution in [0.3, 0.4) is 0 Å². The third-order valence-electron chi connectivity index (χ3n) is 3.80. The van der Waals surface area contributed by atoms with Crippen molar-refractivity contribution in [1.29, 1.82) is 0 Å². The fourth-order valence-electron chi connectivity index (χ4n) is 2.43. The molecule has 2 rings (SSSR count). The minimum atomic E-state index is -0.395. The number of anilines is 1. The van der Waals surface area contributed by atoms with Gasteiger partial charge in [0.15, 0.2) is 0 Å². The largest absolute Gasteiger partial charge is 0.340 e. The smallest absolute Gasteiger partial charge is 0.277 e. The maximum absolute atomic E-state index is 11.0. The summed E-state index contributed by atoms with van der Waals surface area (Å²) in [7, 11) is 0. The van der Waals surface area contributed by atoms with E-state index in [1.165, 1.54) is 17.8 Å². The Kier molecular flexibility index (Phi) is 6.01. The molecule has 0 bridgehead atoms. The van der Waals surface area contributed by atoms with Crippen LogP contribution in [0, 0.1) is 23.0 Å². The van der Waals surface area contributed by atoms with Crippen LogP contribution in [0.5, 0.6) is 0 Å². The molecule has 1 unspecified atom stereocenters. The van der Waals surface area contributed by atoms with E-state index in [1.54, 1.807) is 6.92 Å². The van der Waals surface area contributed by atoms with Crippen LogP contribution in [0.4, 0.5) is 11.5 Å². The summed E-state index contributed by atoms with van der Waals surface area (Å²) < 4.78 is 0. The van der Waals surface area contributed by atoms with Gasteiger partial charge in [-0.05, 0) is 45.6 Å². The lowest BCUT2D eigenvalue weighted by atomic mass is 9.97. The standard InChI is InChI=1S/C18H22N4O2/c1-4-19-9-8-15-6-5-7-16(10-13(15)2)21-18-11-17(22(23)24)14(3)12-20-18/h5-7,9-12,15H,4,8H2,1-3H3,(H,20,21). The third kappa shape index (κ3) is 4.62. The van der Waals surface area contributed by atoms with Gasteiger partial charge < -0.3 is 5.32 Å². The zero-order chi connectivity index (χ0) is 17.5. The number of nitro groups is 1. The van der Waals surface area contributed by atoms with Gasteiger partial charge in [-0.25, -0.2) is 4.98 Å². The van der Waals surface area contributed by atoms with E-state index >= 15 is 0 Å². The maximum Gasteiger partial charge on any atom is 0.277 e. The van der Waals surface area contributed by atoms with E-state index in [4.69, 9.17) is 0 Å². The van der Waals surface area contributed by atoms with Crippen molar-refractivity contribution in [3.63, 3.8) is 0 Å².